The first kappa shape index (κ1) is 12.0. The molecule has 2 heteroatoms. The van der Waals surface area contributed by atoms with Gasteiger partial charge in [0.2, 0.25) is 0 Å². The summed E-state index contributed by atoms with van der Waals surface area (Å²) in [5, 5.41) is 3.59. The van der Waals surface area contributed by atoms with Gasteiger partial charge in [0.1, 0.15) is 0 Å². The molecule has 0 aromatic carbocycles. The van der Waals surface area contributed by atoms with Crippen molar-refractivity contribution in [3.63, 3.8) is 0 Å². The van der Waals surface area contributed by atoms with Gasteiger partial charge in [-0.2, -0.15) is 0 Å². The number of nitrogens with zero attached hydrogens (tertiary/aromatic N) is 1. The second-order valence-electron chi connectivity index (χ2n) is 7.00. The minimum atomic E-state index is 0.427. The molecule has 17 heavy (non-hydrogen) atoms. The van der Waals surface area contributed by atoms with Gasteiger partial charge in [-0.3, -0.25) is 4.90 Å². The van der Waals surface area contributed by atoms with Crippen molar-refractivity contribution in [2.45, 2.75) is 58.0 Å². The van der Waals surface area contributed by atoms with E-state index in [1.165, 1.54) is 45.3 Å². The second-order valence-corrected chi connectivity index (χ2v) is 7.00. The first-order valence-electron chi connectivity index (χ1n) is 7.62. The Kier molecular flexibility index (Phi) is 2.99. The monoisotopic (exact) mass is 236 g/mol. The lowest BCUT2D eigenvalue weighted by Crippen LogP contribution is -2.50. The summed E-state index contributed by atoms with van der Waals surface area (Å²) in [6.07, 6.45) is 5.77. The van der Waals surface area contributed by atoms with Gasteiger partial charge < -0.3 is 5.32 Å². The van der Waals surface area contributed by atoms with E-state index < -0.39 is 0 Å². The van der Waals surface area contributed by atoms with Crippen LogP contribution in [0.15, 0.2) is 0 Å². The molecule has 1 saturated carbocycles. The van der Waals surface area contributed by atoms with Crippen LogP contribution < -0.4 is 5.32 Å². The van der Waals surface area contributed by atoms with Gasteiger partial charge in [0.25, 0.3) is 0 Å². The number of nitrogens with one attached hydrogen (secondary N) is 1. The van der Waals surface area contributed by atoms with Gasteiger partial charge >= 0.3 is 0 Å². The van der Waals surface area contributed by atoms with Gasteiger partial charge in [-0.25, -0.2) is 0 Å². The molecule has 3 fully saturated rings. The predicted octanol–water partition coefficient (Wildman–Crippen LogP) is 2.49. The number of rotatable bonds is 2. The molecule has 0 amide bonds. The lowest BCUT2D eigenvalue weighted by molar-refractivity contribution is 0.0673. The fourth-order valence-electron chi connectivity index (χ4n) is 4.92. The minimum Gasteiger partial charge on any atom is -0.316 e. The summed E-state index contributed by atoms with van der Waals surface area (Å²) in [6, 6.07) is 0.889. The molecule has 4 unspecified atom stereocenters. The van der Waals surface area contributed by atoms with Crippen LogP contribution in [0.1, 0.15) is 46.5 Å². The fraction of sp³-hybridized carbons (Fsp3) is 1.00. The lowest BCUT2D eigenvalue weighted by atomic mass is 9.84. The van der Waals surface area contributed by atoms with Crippen molar-refractivity contribution >= 4 is 0 Å². The van der Waals surface area contributed by atoms with E-state index in [4.69, 9.17) is 0 Å². The van der Waals surface area contributed by atoms with E-state index in [1.807, 2.05) is 0 Å². The lowest BCUT2D eigenvalue weighted by Gasteiger charge is -2.42. The second kappa shape index (κ2) is 4.24. The van der Waals surface area contributed by atoms with Crippen LogP contribution in [-0.4, -0.2) is 36.1 Å². The van der Waals surface area contributed by atoms with E-state index in [1.54, 1.807) is 0 Å². The van der Waals surface area contributed by atoms with Gasteiger partial charge in [0.15, 0.2) is 0 Å². The molecule has 2 nitrogen and oxygen atoms in total. The first-order chi connectivity index (χ1) is 8.14. The zero-order valence-electron chi connectivity index (χ0n) is 11.7. The van der Waals surface area contributed by atoms with Gasteiger partial charge in [-0.05, 0) is 51.0 Å². The summed E-state index contributed by atoms with van der Waals surface area (Å²) in [6.45, 7) is 11.2. The highest BCUT2D eigenvalue weighted by Gasteiger charge is 2.52. The Bertz CT molecular complexity index is 287. The third-order valence-electron chi connectivity index (χ3n) is 5.96. The maximum atomic E-state index is 3.59. The number of fused-ring (bicyclic) bond motifs is 1. The molecule has 1 aliphatic carbocycles. The molecule has 2 heterocycles. The fourth-order valence-corrected chi connectivity index (χ4v) is 4.92. The van der Waals surface area contributed by atoms with Crippen molar-refractivity contribution in [2.24, 2.45) is 17.8 Å². The van der Waals surface area contributed by atoms with E-state index in [9.17, 15) is 0 Å². The number of hydrogen-bond acceptors (Lipinski definition) is 2. The van der Waals surface area contributed by atoms with Crippen molar-refractivity contribution in [3.8, 4) is 0 Å². The van der Waals surface area contributed by atoms with Crippen molar-refractivity contribution in [2.75, 3.05) is 19.6 Å². The van der Waals surface area contributed by atoms with E-state index >= 15 is 0 Å². The normalized spacial score (nSPS) is 45.4. The van der Waals surface area contributed by atoms with E-state index in [0.29, 0.717) is 5.54 Å². The Morgan fingerprint density at radius 2 is 2.06 bits per heavy atom. The summed E-state index contributed by atoms with van der Waals surface area (Å²) in [5.41, 5.74) is 0.427. The largest absolute Gasteiger partial charge is 0.316 e. The van der Waals surface area contributed by atoms with Gasteiger partial charge in [0, 0.05) is 24.7 Å². The molecule has 0 aromatic rings. The van der Waals surface area contributed by atoms with Gasteiger partial charge in [-0.15, -0.1) is 0 Å². The maximum absolute atomic E-state index is 3.59. The molecule has 98 valence electrons. The summed E-state index contributed by atoms with van der Waals surface area (Å²) < 4.78 is 0. The first-order valence-corrected chi connectivity index (χ1v) is 7.62. The van der Waals surface area contributed by atoms with Crippen LogP contribution in [0.4, 0.5) is 0 Å². The minimum absolute atomic E-state index is 0.427. The molecule has 0 radical (unpaired) electrons. The van der Waals surface area contributed by atoms with Crippen molar-refractivity contribution in [3.05, 3.63) is 0 Å². The van der Waals surface area contributed by atoms with E-state index in [-0.39, 0.29) is 0 Å². The zero-order chi connectivity index (χ0) is 12.0. The third kappa shape index (κ3) is 1.76. The van der Waals surface area contributed by atoms with Crippen LogP contribution in [0.25, 0.3) is 0 Å². The average Bonchev–Trinajstić information content (AvgIpc) is 2.96. The number of hydrogen-bond donors (Lipinski definition) is 1. The summed E-state index contributed by atoms with van der Waals surface area (Å²) in [5.74, 6) is 2.78. The summed E-state index contributed by atoms with van der Waals surface area (Å²) in [4.78, 5) is 2.89. The van der Waals surface area contributed by atoms with Crippen LogP contribution in [0.2, 0.25) is 0 Å². The standard InChI is InChI=1S/C15H28N2/c1-4-11-6-5-7-14(11)17-10-12-8-16-9-13(12)15(17,2)3/h11-14,16H,4-10H2,1-3H3. The Morgan fingerprint density at radius 3 is 2.76 bits per heavy atom. The number of likely N-dealkylation sites (tertiary alicyclic amines) is 1. The molecular formula is C15H28N2. The van der Waals surface area contributed by atoms with Crippen LogP contribution in [0, 0.1) is 17.8 Å². The van der Waals surface area contributed by atoms with Crippen molar-refractivity contribution in [1.82, 2.24) is 10.2 Å². The highest BCUT2D eigenvalue weighted by atomic mass is 15.3. The topological polar surface area (TPSA) is 15.3 Å². The molecule has 0 aromatic heterocycles. The molecule has 3 aliphatic rings. The highest BCUT2D eigenvalue weighted by Crippen LogP contribution is 2.46. The van der Waals surface area contributed by atoms with Gasteiger partial charge in [0.05, 0.1) is 0 Å². The predicted molar refractivity (Wildman–Crippen MR) is 72.1 cm³/mol. The molecule has 0 spiro atoms. The van der Waals surface area contributed by atoms with E-state index in [0.717, 1.165) is 23.8 Å². The van der Waals surface area contributed by atoms with Crippen molar-refractivity contribution < 1.29 is 0 Å². The molecule has 3 rings (SSSR count). The molecular weight excluding hydrogens is 208 g/mol. The maximum Gasteiger partial charge on any atom is 0.0200 e. The third-order valence-corrected chi connectivity index (χ3v) is 5.96. The quantitative estimate of drug-likeness (QED) is 0.792. The average molecular weight is 236 g/mol. The molecule has 0 bridgehead atoms. The SMILES string of the molecule is CCC1CCCC1N1CC2CNCC2C1(C)C. The summed E-state index contributed by atoms with van der Waals surface area (Å²) >= 11 is 0. The molecule has 2 aliphatic heterocycles. The van der Waals surface area contributed by atoms with Crippen LogP contribution >= 0.6 is 0 Å². The smallest absolute Gasteiger partial charge is 0.0200 e. The van der Waals surface area contributed by atoms with Crippen molar-refractivity contribution in [1.29, 1.82) is 0 Å². The Morgan fingerprint density at radius 1 is 1.24 bits per heavy atom. The summed E-state index contributed by atoms with van der Waals surface area (Å²) in [7, 11) is 0. The molecule has 2 saturated heterocycles. The Labute approximate surface area is 106 Å². The Balaban J connectivity index is 1.79. The van der Waals surface area contributed by atoms with Crippen LogP contribution in [0.3, 0.4) is 0 Å². The van der Waals surface area contributed by atoms with Gasteiger partial charge in [-0.1, -0.05) is 19.8 Å². The molecule has 4 atom stereocenters. The van der Waals surface area contributed by atoms with Crippen LogP contribution in [-0.2, 0) is 0 Å². The molecule has 1 N–H and O–H groups in total. The van der Waals surface area contributed by atoms with Crippen LogP contribution in [0.5, 0.6) is 0 Å². The highest BCUT2D eigenvalue weighted by molar-refractivity contribution is 5.07. The van der Waals surface area contributed by atoms with E-state index in [2.05, 4.69) is 31.0 Å². The Hall–Kier alpha value is -0.0800. The zero-order valence-corrected chi connectivity index (χ0v) is 11.7.